The molecule has 18 heavy (non-hydrogen) atoms. The van der Waals surface area contributed by atoms with Gasteiger partial charge in [0, 0.05) is 16.8 Å². The van der Waals surface area contributed by atoms with Gasteiger partial charge in [0.25, 0.3) is 0 Å². The van der Waals surface area contributed by atoms with Gasteiger partial charge in [0.15, 0.2) is 0 Å². The highest BCUT2D eigenvalue weighted by atomic mass is 35.5. The minimum Gasteiger partial charge on any atom is -0.481 e. The second kappa shape index (κ2) is 5.38. The molecule has 0 aromatic heterocycles. The Morgan fingerprint density at radius 1 is 1.17 bits per heavy atom. The van der Waals surface area contributed by atoms with Gasteiger partial charge in [0.2, 0.25) is 0 Å². The summed E-state index contributed by atoms with van der Waals surface area (Å²) in [5, 5.41) is 21.0. The van der Waals surface area contributed by atoms with Crippen molar-refractivity contribution in [3.8, 4) is 0 Å². The monoisotopic (exact) mass is 264 g/mol. The van der Waals surface area contributed by atoms with Crippen LogP contribution in [-0.2, 0) is 4.79 Å². The number of aliphatic hydroxyl groups is 1. The minimum absolute atomic E-state index is 0.0574. The molecule has 4 heteroatoms. The number of carbonyl (C=O) groups is 1. The van der Waals surface area contributed by atoms with Crippen molar-refractivity contribution < 1.29 is 15.0 Å². The topological polar surface area (TPSA) is 57.5 Å². The molecule has 3 nitrogen and oxygen atoms in total. The van der Waals surface area contributed by atoms with Gasteiger partial charge >= 0.3 is 5.97 Å². The average Bonchev–Trinajstić information content (AvgIpc) is 2.37. The lowest BCUT2D eigenvalue weighted by Crippen LogP contribution is -2.03. The molecule has 0 spiro atoms. The van der Waals surface area contributed by atoms with Crippen LogP contribution in [0.3, 0.4) is 0 Å². The first-order chi connectivity index (χ1) is 8.59. The molecule has 2 aromatic rings. The number of rotatable bonds is 4. The molecule has 2 aromatic carbocycles. The number of halogens is 1. The second-order valence-electron chi connectivity index (χ2n) is 4.13. The molecular weight excluding hydrogens is 252 g/mol. The van der Waals surface area contributed by atoms with Crippen LogP contribution in [0.15, 0.2) is 36.4 Å². The van der Waals surface area contributed by atoms with Crippen molar-refractivity contribution in [2.24, 2.45) is 0 Å². The summed E-state index contributed by atoms with van der Waals surface area (Å²) in [5.74, 6) is -0.910. The quantitative estimate of drug-likeness (QED) is 0.890. The third kappa shape index (κ3) is 2.63. The van der Waals surface area contributed by atoms with E-state index in [-0.39, 0.29) is 12.8 Å². The number of carboxylic acid groups (broad SMARTS) is 1. The molecule has 0 heterocycles. The molecule has 0 saturated carbocycles. The minimum atomic E-state index is -0.910. The number of hydrogen-bond acceptors (Lipinski definition) is 2. The Kier molecular flexibility index (Phi) is 3.84. The standard InChI is InChI=1S/C14H13ClO3/c15-12-6-5-11(13(16)7-8-14(17)18)9-3-1-2-4-10(9)12/h1-6,13,16H,7-8H2,(H,17,18). The van der Waals surface area contributed by atoms with E-state index in [9.17, 15) is 9.90 Å². The summed E-state index contributed by atoms with van der Waals surface area (Å²) >= 11 is 6.09. The largest absolute Gasteiger partial charge is 0.481 e. The van der Waals surface area contributed by atoms with E-state index in [0.29, 0.717) is 5.02 Å². The first kappa shape index (κ1) is 12.9. The van der Waals surface area contributed by atoms with E-state index in [1.54, 1.807) is 12.1 Å². The van der Waals surface area contributed by atoms with Gasteiger partial charge in [-0.05, 0) is 23.4 Å². The van der Waals surface area contributed by atoms with E-state index in [0.717, 1.165) is 16.3 Å². The molecule has 0 radical (unpaired) electrons. The second-order valence-corrected chi connectivity index (χ2v) is 4.54. The van der Waals surface area contributed by atoms with Crippen LogP contribution in [-0.4, -0.2) is 16.2 Å². The predicted octanol–water partition coefficient (Wildman–Crippen LogP) is 3.39. The summed E-state index contributed by atoms with van der Waals surface area (Å²) in [5.41, 5.74) is 0.719. The van der Waals surface area contributed by atoms with Gasteiger partial charge in [-0.3, -0.25) is 4.79 Å². The third-order valence-electron chi connectivity index (χ3n) is 2.90. The van der Waals surface area contributed by atoms with E-state index in [4.69, 9.17) is 16.7 Å². The van der Waals surface area contributed by atoms with Gasteiger partial charge in [-0.15, -0.1) is 0 Å². The summed E-state index contributed by atoms with van der Waals surface area (Å²) in [4.78, 5) is 10.5. The molecule has 0 aliphatic carbocycles. The van der Waals surface area contributed by atoms with Crippen LogP contribution in [0.5, 0.6) is 0 Å². The maximum atomic E-state index is 10.5. The Balaban J connectivity index is 2.39. The van der Waals surface area contributed by atoms with Crippen LogP contribution >= 0.6 is 11.6 Å². The fraction of sp³-hybridized carbons (Fsp3) is 0.214. The smallest absolute Gasteiger partial charge is 0.303 e. The Hall–Kier alpha value is -1.58. The highest BCUT2D eigenvalue weighted by molar-refractivity contribution is 6.35. The number of aliphatic carboxylic acids is 1. The van der Waals surface area contributed by atoms with E-state index >= 15 is 0 Å². The highest BCUT2D eigenvalue weighted by Gasteiger charge is 2.13. The molecule has 0 saturated heterocycles. The van der Waals surface area contributed by atoms with E-state index in [2.05, 4.69) is 0 Å². The van der Waals surface area contributed by atoms with Crippen LogP contribution < -0.4 is 0 Å². The van der Waals surface area contributed by atoms with Crippen LogP contribution in [0.4, 0.5) is 0 Å². The van der Waals surface area contributed by atoms with Crippen molar-refractivity contribution in [3.05, 3.63) is 47.0 Å². The van der Waals surface area contributed by atoms with Crippen molar-refractivity contribution in [1.29, 1.82) is 0 Å². The zero-order valence-electron chi connectivity index (χ0n) is 9.64. The van der Waals surface area contributed by atoms with Crippen LogP contribution in [0.25, 0.3) is 10.8 Å². The number of aliphatic hydroxyl groups excluding tert-OH is 1. The predicted molar refractivity (Wildman–Crippen MR) is 70.8 cm³/mol. The summed E-state index contributed by atoms with van der Waals surface area (Å²) in [7, 11) is 0. The van der Waals surface area contributed by atoms with Gasteiger partial charge < -0.3 is 10.2 Å². The Morgan fingerprint density at radius 2 is 1.83 bits per heavy atom. The molecule has 1 atom stereocenters. The van der Waals surface area contributed by atoms with Crippen molar-refractivity contribution in [1.82, 2.24) is 0 Å². The maximum absolute atomic E-state index is 10.5. The molecule has 0 bridgehead atoms. The van der Waals surface area contributed by atoms with Crippen molar-refractivity contribution in [3.63, 3.8) is 0 Å². The van der Waals surface area contributed by atoms with Gasteiger partial charge in [0.1, 0.15) is 0 Å². The Morgan fingerprint density at radius 3 is 2.50 bits per heavy atom. The summed E-state index contributed by atoms with van der Waals surface area (Å²) in [6.07, 6.45) is -0.651. The molecular formula is C14H13ClO3. The molecule has 2 N–H and O–H groups in total. The molecule has 94 valence electrons. The van der Waals surface area contributed by atoms with Crippen LogP contribution in [0, 0.1) is 0 Å². The highest BCUT2D eigenvalue weighted by Crippen LogP contribution is 2.31. The third-order valence-corrected chi connectivity index (χ3v) is 3.22. The van der Waals surface area contributed by atoms with Crippen molar-refractivity contribution in [2.45, 2.75) is 18.9 Å². The van der Waals surface area contributed by atoms with E-state index < -0.39 is 12.1 Å². The number of hydrogen-bond donors (Lipinski definition) is 2. The fourth-order valence-electron chi connectivity index (χ4n) is 1.99. The van der Waals surface area contributed by atoms with E-state index in [1.165, 1.54) is 0 Å². The first-order valence-corrected chi connectivity index (χ1v) is 6.04. The SMILES string of the molecule is O=C(O)CCC(O)c1ccc(Cl)c2ccccc12. The van der Waals surface area contributed by atoms with Crippen molar-refractivity contribution in [2.75, 3.05) is 0 Å². The lowest BCUT2D eigenvalue weighted by molar-refractivity contribution is -0.137. The summed E-state index contributed by atoms with van der Waals surface area (Å²) < 4.78 is 0. The van der Waals surface area contributed by atoms with Gasteiger partial charge in [-0.2, -0.15) is 0 Å². The Bertz CT molecular complexity index is 580. The lowest BCUT2D eigenvalue weighted by atomic mass is 9.98. The fourth-order valence-corrected chi connectivity index (χ4v) is 2.22. The van der Waals surface area contributed by atoms with E-state index in [1.807, 2.05) is 24.3 Å². The van der Waals surface area contributed by atoms with Gasteiger partial charge in [0.05, 0.1) is 6.10 Å². The number of fused-ring (bicyclic) bond motifs is 1. The molecule has 0 aliphatic rings. The average molecular weight is 265 g/mol. The summed E-state index contributed by atoms with van der Waals surface area (Å²) in [6.45, 7) is 0. The molecule has 0 amide bonds. The van der Waals surface area contributed by atoms with Gasteiger partial charge in [-0.1, -0.05) is 41.9 Å². The zero-order valence-corrected chi connectivity index (χ0v) is 10.4. The molecule has 2 rings (SSSR count). The van der Waals surface area contributed by atoms with Gasteiger partial charge in [-0.25, -0.2) is 0 Å². The number of benzene rings is 2. The number of carboxylic acids is 1. The zero-order chi connectivity index (χ0) is 13.1. The lowest BCUT2D eigenvalue weighted by Gasteiger charge is -2.13. The Labute approximate surface area is 110 Å². The van der Waals surface area contributed by atoms with Crippen LogP contribution in [0.1, 0.15) is 24.5 Å². The molecule has 1 unspecified atom stereocenters. The molecule has 0 fully saturated rings. The summed E-state index contributed by atoms with van der Waals surface area (Å²) in [6, 6.07) is 11.0. The normalized spacial score (nSPS) is 12.6. The maximum Gasteiger partial charge on any atom is 0.303 e. The molecule has 0 aliphatic heterocycles. The van der Waals surface area contributed by atoms with Crippen LogP contribution in [0.2, 0.25) is 5.02 Å². The van der Waals surface area contributed by atoms with Crippen molar-refractivity contribution >= 4 is 28.3 Å². The first-order valence-electron chi connectivity index (χ1n) is 5.66.